The Hall–Kier alpha value is -3.61. The quantitative estimate of drug-likeness (QED) is 0.470. The number of carbonyl (C=O) groups excluding carboxylic acids is 2. The first-order valence-electron chi connectivity index (χ1n) is 11.1. The van der Waals surface area contributed by atoms with Crippen LogP contribution in [0.25, 0.3) is 11.1 Å². The lowest BCUT2D eigenvalue weighted by Crippen LogP contribution is -2.57. The molecule has 2 aromatic rings. The Morgan fingerprint density at radius 1 is 1.12 bits per heavy atom. The minimum Gasteiger partial charge on any atom is -0.480 e. The molecule has 2 amide bonds. The standard InChI is InChI=1S/C26H30N2O5/c1-4-10-22(23(29)28-26(3,15-5-2)24(30)31)27-25(32)33-16-21-19-13-8-6-11-17(19)18-12-7-9-14-20(18)21/h4,6-9,11-14,21-22H,1,5,10,15-16H2,2-3H3,(H,27,32)(H,28,29)(H,30,31). The van der Waals surface area contributed by atoms with Crippen molar-refractivity contribution in [2.75, 3.05) is 6.61 Å². The van der Waals surface area contributed by atoms with Gasteiger partial charge in [-0.25, -0.2) is 9.59 Å². The van der Waals surface area contributed by atoms with Gasteiger partial charge in [-0.05, 0) is 42.0 Å². The number of alkyl carbamates (subject to hydrolysis) is 1. The highest BCUT2D eigenvalue weighted by Crippen LogP contribution is 2.44. The molecule has 0 radical (unpaired) electrons. The largest absolute Gasteiger partial charge is 0.480 e. The highest BCUT2D eigenvalue weighted by molar-refractivity contribution is 5.91. The lowest BCUT2D eigenvalue weighted by atomic mass is 9.95. The third kappa shape index (κ3) is 5.25. The van der Waals surface area contributed by atoms with Crippen molar-refractivity contribution in [1.82, 2.24) is 10.6 Å². The molecule has 0 bridgehead atoms. The Morgan fingerprint density at radius 3 is 2.21 bits per heavy atom. The zero-order valence-corrected chi connectivity index (χ0v) is 19.0. The van der Waals surface area contributed by atoms with Crippen LogP contribution in [0.5, 0.6) is 0 Å². The number of nitrogens with one attached hydrogen (secondary N) is 2. The zero-order chi connectivity index (χ0) is 24.0. The SMILES string of the molecule is C=CCC(NC(=O)OCC1c2ccccc2-c2ccccc21)C(=O)NC(C)(CCC)C(=O)O. The smallest absolute Gasteiger partial charge is 0.407 e. The van der Waals surface area contributed by atoms with Gasteiger partial charge in [0.05, 0.1) is 0 Å². The molecule has 174 valence electrons. The fourth-order valence-corrected chi connectivity index (χ4v) is 4.26. The van der Waals surface area contributed by atoms with Gasteiger partial charge in [0.2, 0.25) is 5.91 Å². The first kappa shape index (κ1) is 24.0. The molecule has 2 atom stereocenters. The molecule has 3 rings (SSSR count). The average molecular weight is 451 g/mol. The van der Waals surface area contributed by atoms with E-state index in [-0.39, 0.29) is 25.4 Å². The normalized spacial score (nSPS) is 14.8. The number of carboxylic acid groups (broad SMARTS) is 1. The number of rotatable bonds is 10. The van der Waals surface area contributed by atoms with Crippen molar-refractivity contribution in [2.45, 2.75) is 50.6 Å². The summed E-state index contributed by atoms with van der Waals surface area (Å²) < 4.78 is 5.51. The van der Waals surface area contributed by atoms with Crippen LogP contribution in [-0.4, -0.2) is 41.3 Å². The molecule has 2 unspecified atom stereocenters. The summed E-state index contributed by atoms with van der Waals surface area (Å²) in [5, 5.41) is 14.6. The van der Waals surface area contributed by atoms with Crippen molar-refractivity contribution < 1.29 is 24.2 Å². The second kappa shape index (κ2) is 10.3. The Morgan fingerprint density at radius 2 is 1.70 bits per heavy atom. The number of fused-ring (bicyclic) bond motifs is 3. The van der Waals surface area contributed by atoms with E-state index in [4.69, 9.17) is 4.74 Å². The monoisotopic (exact) mass is 450 g/mol. The summed E-state index contributed by atoms with van der Waals surface area (Å²) in [7, 11) is 0. The maximum Gasteiger partial charge on any atom is 0.407 e. The van der Waals surface area contributed by atoms with E-state index in [1.165, 1.54) is 13.0 Å². The Kier molecular flexibility index (Phi) is 7.53. The van der Waals surface area contributed by atoms with Crippen LogP contribution < -0.4 is 10.6 Å². The van der Waals surface area contributed by atoms with Gasteiger partial charge in [0.15, 0.2) is 0 Å². The lowest BCUT2D eigenvalue weighted by Gasteiger charge is -2.28. The van der Waals surface area contributed by atoms with Crippen molar-refractivity contribution in [3.05, 3.63) is 72.3 Å². The molecule has 33 heavy (non-hydrogen) atoms. The maximum atomic E-state index is 12.8. The fraction of sp³-hybridized carbons (Fsp3) is 0.346. The summed E-state index contributed by atoms with van der Waals surface area (Å²) in [6.45, 7) is 7.03. The molecule has 2 aromatic carbocycles. The van der Waals surface area contributed by atoms with E-state index < -0.39 is 29.6 Å². The van der Waals surface area contributed by atoms with Crippen LogP contribution in [0.15, 0.2) is 61.2 Å². The molecule has 7 heteroatoms. The molecular formula is C26H30N2O5. The number of benzene rings is 2. The van der Waals surface area contributed by atoms with Crippen LogP contribution in [0, 0.1) is 0 Å². The van der Waals surface area contributed by atoms with Gasteiger partial charge in [-0.3, -0.25) is 4.79 Å². The number of amides is 2. The van der Waals surface area contributed by atoms with Crippen LogP contribution in [0.3, 0.4) is 0 Å². The first-order chi connectivity index (χ1) is 15.8. The van der Waals surface area contributed by atoms with Gasteiger partial charge in [-0.15, -0.1) is 6.58 Å². The summed E-state index contributed by atoms with van der Waals surface area (Å²) >= 11 is 0. The zero-order valence-electron chi connectivity index (χ0n) is 19.0. The molecule has 0 aliphatic heterocycles. The summed E-state index contributed by atoms with van der Waals surface area (Å²) in [5.41, 5.74) is 2.99. The maximum absolute atomic E-state index is 12.8. The molecular weight excluding hydrogens is 420 g/mol. The number of carboxylic acids is 1. The molecule has 3 N–H and O–H groups in total. The average Bonchev–Trinajstić information content (AvgIpc) is 3.11. The molecule has 0 saturated carbocycles. The van der Waals surface area contributed by atoms with E-state index in [2.05, 4.69) is 29.3 Å². The first-order valence-corrected chi connectivity index (χ1v) is 11.1. The number of aliphatic carboxylic acids is 1. The summed E-state index contributed by atoms with van der Waals surface area (Å²) in [5.74, 6) is -1.83. The molecule has 0 fully saturated rings. The minimum atomic E-state index is -1.42. The highest BCUT2D eigenvalue weighted by atomic mass is 16.5. The van der Waals surface area contributed by atoms with Crippen molar-refractivity contribution in [2.24, 2.45) is 0 Å². The third-order valence-electron chi connectivity index (χ3n) is 5.98. The highest BCUT2D eigenvalue weighted by Gasteiger charge is 2.36. The van der Waals surface area contributed by atoms with E-state index in [1.54, 1.807) is 0 Å². The number of ether oxygens (including phenoxy) is 1. The molecule has 0 aromatic heterocycles. The van der Waals surface area contributed by atoms with E-state index >= 15 is 0 Å². The van der Waals surface area contributed by atoms with E-state index in [0.717, 1.165) is 22.3 Å². The van der Waals surface area contributed by atoms with Gasteiger partial charge in [-0.2, -0.15) is 0 Å². The Labute approximate surface area is 193 Å². The molecule has 0 heterocycles. The van der Waals surface area contributed by atoms with Crippen LogP contribution >= 0.6 is 0 Å². The van der Waals surface area contributed by atoms with Crippen molar-refractivity contribution in [3.63, 3.8) is 0 Å². The summed E-state index contributed by atoms with van der Waals surface area (Å²) in [6.07, 6.45) is 1.73. The Balaban J connectivity index is 1.67. The van der Waals surface area contributed by atoms with Crippen LogP contribution in [-0.2, 0) is 14.3 Å². The fourth-order valence-electron chi connectivity index (χ4n) is 4.26. The van der Waals surface area contributed by atoms with Crippen LogP contribution in [0.2, 0.25) is 0 Å². The molecule has 0 spiro atoms. The van der Waals surface area contributed by atoms with E-state index in [1.807, 2.05) is 43.3 Å². The van der Waals surface area contributed by atoms with E-state index in [9.17, 15) is 19.5 Å². The predicted octanol–water partition coefficient (Wildman–Crippen LogP) is 4.23. The van der Waals surface area contributed by atoms with Crippen molar-refractivity contribution >= 4 is 18.0 Å². The predicted molar refractivity (Wildman–Crippen MR) is 126 cm³/mol. The van der Waals surface area contributed by atoms with Gasteiger partial charge in [-0.1, -0.05) is 68.0 Å². The minimum absolute atomic E-state index is 0.102. The van der Waals surface area contributed by atoms with E-state index in [0.29, 0.717) is 6.42 Å². The Bertz CT molecular complexity index is 1000. The second-order valence-corrected chi connectivity index (χ2v) is 8.42. The molecule has 0 saturated heterocycles. The lowest BCUT2D eigenvalue weighted by molar-refractivity contribution is -0.147. The number of carbonyl (C=O) groups is 3. The number of hydrogen-bond donors (Lipinski definition) is 3. The van der Waals surface area contributed by atoms with Crippen molar-refractivity contribution in [1.29, 1.82) is 0 Å². The van der Waals surface area contributed by atoms with Gasteiger partial charge in [0.25, 0.3) is 0 Å². The van der Waals surface area contributed by atoms with Gasteiger partial charge >= 0.3 is 12.1 Å². The van der Waals surface area contributed by atoms with Crippen LogP contribution in [0.1, 0.15) is 50.2 Å². The van der Waals surface area contributed by atoms with Gasteiger partial charge in [0.1, 0.15) is 18.2 Å². The van der Waals surface area contributed by atoms with Gasteiger partial charge < -0.3 is 20.5 Å². The van der Waals surface area contributed by atoms with Crippen molar-refractivity contribution in [3.8, 4) is 11.1 Å². The van der Waals surface area contributed by atoms with Gasteiger partial charge in [0, 0.05) is 5.92 Å². The third-order valence-corrected chi connectivity index (χ3v) is 5.98. The number of hydrogen-bond acceptors (Lipinski definition) is 4. The summed E-state index contributed by atoms with van der Waals surface area (Å²) in [6, 6.07) is 15.0. The molecule has 7 nitrogen and oxygen atoms in total. The summed E-state index contributed by atoms with van der Waals surface area (Å²) in [4.78, 5) is 37.0. The molecule has 1 aliphatic carbocycles. The van der Waals surface area contributed by atoms with Crippen LogP contribution in [0.4, 0.5) is 4.79 Å². The second-order valence-electron chi connectivity index (χ2n) is 8.42. The topological polar surface area (TPSA) is 105 Å². The molecule has 1 aliphatic rings.